The van der Waals surface area contributed by atoms with E-state index in [1.807, 2.05) is 13.8 Å². The fraction of sp³-hybridized carbons (Fsp3) is 0.857. The van der Waals surface area contributed by atoms with Crippen LogP contribution in [0.5, 0.6) is 0 Å². The van der Waals surface area contributed by atoms with Crippen molar-refractivity contribution in [3.05, 3.63) is 0 Å². The Morgan fingerprint density at radius 3 is 3.00 bits per heavy atom. The van der Waals surface area contributed by atoms with Gasteiger partial charge in [-0.1, -0.05) is 0 Å². The highest BCUT2D eigenvalue weighted by molar-refractivity contribution is 5.69. The molecule has 0 aliphatic carbocycles. The molecule has 0 radical (unpaired) electrons. The Hall–Kier alpha value is -0.770. The molecule has 1 fully saturated rings. The summed E-state index contributed by atoms with van der Waals surface area (Å²) in [4.78, 5) is 10.5. The predicted octanol–water partition coefficient (Wildman–Crippen LogP) is 0.520. The maximum Gasteiger partial charge on any atom is 0.407 e. The lowest BCUT2D eigenvalue weighted by molar-refractivity contribution is 0.0623. The number of ether oxygens (including phenoxy) is 2. The van der Waals surface area contributed by atoms with Crippen LogP contribution < -0.4 is 5.32 Å². The summed E-state index contributed by atoms with van der Waals surface area (Å²) < 4.78 is 9.95. The Bertz CT molecular complexity index is 147. The van der Waals surface area contributed by atoms with Crippen LogP contribution in [0.3, 0.4) is 0 Å². The second kappa shape index (κ2) is 3.57. The third-order valence-corrected chi connectivity index (χ3v) is 1.37. The predicted molar refractivity (Wildman–Crippen MR) is 39.4 cm³/mol. The van der Waals surface area contributed by atoms with Crippen molar-refractivity contribution in [2.75, 3.05) is 13.2 Å². The van der Waals surface area contributed by atoms with E-state index < -0.39 is 0 Å². The summed E-state index contributed by atoms with van der Waals surface area (Å²) >= 11 is 0. The minimum absolute atomic E-state index is 0.0323. The van der Waals surface area contributed by atoms with Gasteiger partial charge in [-0.3, -0.25) is 0 Å². The Morgan fingerprint density at radius 2 is 2.55 bits per heavy atom. The quantitative estimate of drug-likeness (QED) is 0.653. The second-order valence-corrected chi connectivity index (χ2v) is 2.82. The molecule has 0 saturated carbocycles. The van der Waals surface area contributed by atoms with Gasteiger partial charge >= 0.3 is 6.09 Å². The van der Waals surface area contributed by atoms with Crippen LogP contribution >= 0.6 is 0 Å². The zero-order chi connectivity index (χ0) is 8.27. The zero-order valence-corrected chi connectivity index (χ0v) is 6.79. The highest BCUT2D eigenvalue weighted by atomic mass is 16.6. The minimum Gasteiger partial charge on any atom is -0.447 e. The van der Waals surface area contributed by atoms with Gasteiger partial charge in [-0.2, -0.15) is 0 Å². The van der Waals surface area contributed by atoms with Gasteiger partial charge in [0.1, 0.15) is 6.61 Å². The monoisotopic (exact) mass is 159 g/mol. The summed E-state index contributed by atoms with van der Waals surface area (Å²) in [6.45, 7) is 4.87. The molecule has 1 N–H and O–H groups in total. The van der Waals surface area contributed by atoms with Gasteiger partial charge in [-0.25, -0.2) is 4.79 Å². The van der Waals surface area contributed by atoms with Crippen molar-refractivity contribution < 1.29 is 14.3 Å². The van der Waals surface area contributed by atoms with Crippen molar-refractivity contribution in [3.63, 3.8) is 0 Å². The van der Waals surface area contributed by atoms with Crippen LogP contribution in [0.15, 0.2) is 0 Å². The summed E-state index contributed by atoms with van der Waals surface area (Å²) in [7, 11) is 0. The standard InChI is InChI=1S/C7H13NO3/c1-5(2)10-3-6-4-11-7(9)8-6/h5-6H,3-4H2,1-2H3,(H,8,9)/t6-/m1/s1. The molecule has 1 saturated heterocycles. The van der Waals surface area contributed by atoms with Crippen molar-refractivity contribution in [2.24, 2.45) is 0 Å². The molecule has 0 bridgehead atoms. The number of carbonyl (C=O) groups excluding carboxylic acids is 1. The van der Waals surface area contributed by atoms with Gasteiger partial charge in [0.15, 0.2) is 0 Å². The molecule has 0 aromatic rings. The molecule has 0 aromatic carbocycles. The average Bonchev–Trinajstić information content (AvgIpc) is 2.31. The van der Waals surface area contributed by atoms with Gasteiger partial charge in [-0.15, -0.1) is 0 Å². The van der Waals surface area contributed by atoms with Gasteiger partial charge in [0, 0.05) is 0 Å². The SMILES string of the molecule is CC(C)OC[C@@H]1COC(=O)N1. The number of hydrogen-bond donors (Lipinski definition) is 1. The molecule has 4 nitrogen and oxygen atoms in total. The normalized spacial score (nSPS) is 23.5. The fourth-order valence-corrected chi connectivity index (χ4v) is 0.825. The third-order valence-electron chi connectivity index (χ3n) is 1.37. The number of carbonyl (C=O) groups is 1. The lowest BCUT2D eigenvalue weighted by atomic mass is 10.3. The summed E-state index contributed by atoms with van der Waals surface area (Å²) in [5.41, 5.74) is 0. The van der Waals surface area contributed by atoms with E-state index in [0.717, 1.165) is 0 Å². The molecule has 1 heterocycles. The lowest BCUT2D eigenvalue weighted by Gasteiger charge is -2.10. The van der Waals surface area contributed by atoms with E-state index in [0.29, 0.717) is 13.2 Å². The fourth-order valence-electron chi connectivity index (χ4n) is 0.825. The van der Waals surface area contributed by atoms with Crippen molar-refractivity contribution in [1.29, 1.82) is 0 Å². The Balaban J connectivity index is 2.13. The molecule has 1 rings (SSSR count). The Morgan fingerprint density at radius 1 is 1.82 bits per heavy atom. The first-order chi connectivity index (χ1) is 5.18. The third kappa shape index (κ3) is 2.76. The van der Waals surface area contributed by atoms with E-state index in [1.165, 1.54) is 0 Å². The van der Waals surface area contributed by atoms with E-state index in [1.54, 1.807) is 0 Å². The Labute approximate surface area is 65.9 Å². The van der Waals surface area contributed by atoms with Gasteiger partial charge in [0.25, 0.3) is 0 Å². The number of rotatable bonds is 3. The molecule has 1 aliphatic heterocycles. The van der Waals surface area contributed by atoms with Crippen LogP contribution in [0.1, 0.15) is 13.8 Å². The molecule has 0 unspecified atom stereocenters. The van der Waals surface area contributed by atoms with Crippen LogP contribution in [0.2, 0.25) is 0 Å². The Kier molecular flexibility index (Phi) is 2.70. The molecule has 4 heteroatoms. The maximum absolute atomic E-state index is 10.5. The lowest BCUT2D eigenvalue weighted by Crippen LogP contribution is -2.31. The van der Waals surface area contributed by atoms with Crippen LogP contribution in [0, 0.1) is 0 Å². The number of cyclic esters (lactones) is 1. The number of hydrogen-bond acceptors (Lipinski definition) is 3. The van der Waals surface area contributed by atoms with Crippen LogP contribution in [0.4, 0.5) is 4.79 Å². The topological polar surface area (TPSA) is 47.6 Å². The molecule has 1 amide bonds. The van der Waals surface area contributed by atoms with Crippen LogP contribution in [-0.2, 0) is 9.47 Å². The molecule has 1 aliphatic rings. The van der Waals surface area contributed by atoms with Crippen molar-refractivity contribution in [1.82, 2.24) is 5.32 Å². The highest BCUT2D eigenvalue weighted by Crippen LogP contribution is 1.99. The zero-order valence-electron chi connectivity index (χ0n) is 6.79. The molecule has 0 spiro atoms. The molecule has 11 heavy (non-hydrogen) atoms. The van der Waals surface area contributed by atoms with E-state index in [9.17, 15) is 4.79 Å². The van der Waals surface area contributed by atoms with Crippen LogP contribution in [0.25, 0.3) is 0 Å². The van der Waals surface area contributed by atoms with E-state index in [4.69, 9.17) is 4.74 Å². The smallest absolute Gasteiger partial charge is 0.407 e. The second-order valence-electron chi connectivity index (χ2n) is 2.82. The molecule has 0 aromatic heterocycles. The number of nitrogens with one attached hydrogen (secondary N) is 1. The van der Waals surface area contributed by atoms with Gasteiger partial charge in [-0.05, 0) is 13.8 Å². The molecule has 1 atom stereocenters. The van der Waals surface area contributed by atoms with Crippen molar-refractivity contribution >= 4 is 6.09 Å². The molecule has 64 valence electrons. The van der Waals surface area contributed by atoms with E-state index in [2.05, 4.69) is 10.1 Å². The first-order valence-electron chi connectivity index (χ1n) is 3.73. The summed E-state index contributed by atoms with van der Waals surface area (Å²) in [5.74, 6) is 0. The molecular formula is C7H13NO3. The number of amides is 1. The molecular weight excluding hydrogens is 146 g/mol. The summed E-state index contributed by atoms with van der Waals surface area (Å²) in [6, 6.07) is 0.0323. The van der Waals surface area contributed by atoms with Crippen molar-refractivity contribution in [3.8, 4) is 0 Å². The summed E-state index contributed by atoms with van der Waals surface area (Å²) in [5, 5.41) is 2.62. The van der Waals surface area contributed by atoms with Gasteiger partial charge < -0.3 is 14.8 Å². The van der Waals surface area contributed by atoms with Gasteiger partial charge in [0.05, 0.1) is 18.8 Å². The first-order valence-corrected chi connectivity index (χ1v) is 3.73. The minimum atomic E-state index is -0.345. The van der Waals surface area contributed by atoms with E-state index in [-0.39, 0.29) is 18.2 Å². The number of alkyl carbamates (subject to hydrolysis) is 1. The largest absolute Gasteiger partial charge is 0.447 e. The van der Waals surface area contributed by atoms with Crippen molar-refractivity contribution in [2.45, 2.75) is 26.0 Å². The van der Waals surface area contributed by atoms with E-state index >= 15 is 0 Å². The average molecular weight is 159 g/mol. The summed E-state index contributed by atoms with van der Waals surface area (Å²) in [6.07, 6.45) is -0.144. The highest BCUT2D eigenvalue weighted by Gasteiger charge is 2.22. The first kappa shape index (κ1) is 8.33. The van der Waals surface area contributed by atoms with Crippen LogP contribution in [-0.4, -0.2) is 31.5 Å². The maximum atomic E-state index is 10.5. The van der Waals surface area contributed by atoms with Gasteiger partial charge in [0.2, 0.25) is 0 Å².